The van der Waals surface area contributed by atoms with Gasteiger partial charge in [-0.15, -0.1) is 0 Å². The van der Waals surface area contributed by atoms with Gasteiger partial charge >= 0.3 is 0 Å². The number of phenolic OH excluding ortho intramolecular Hbond substituents is 1. The van der Waals surface area contributed by atoms with Gasteiger partial charge in [0, 0.05) is 16.7 Å². The van der Waals surface area contributed by atoms with Gasteiger partial charge in [0.15, 0.2) is 17.9 Å². The largest absolute Gasteiger partial charge is 0.505 e. The number of phenols is 1. The molecule has 0 saturated carbocycles. The highest BCUT2D eigenvalue weighted by atomic mass is 35.5. The number of para-hydroxylation sites is 1. The molecule has 0 unspecified atom stereocenters. The second-order valence-electron chi connectivity index (χ2n) is 4.03. The lowest BCUT2D eigenvalue weighted by atomic mass is 9.98. The van der Waals surface area contributed by atoms with E-state index in [1.165, 1.54) is 0 Å². The topological polar surface area (TPSA) is 46.5 Å². The van der Waals surface area contributed by atoms with Gasteiger partial charge in [0.05, 0.1) is 11.6 Å². The van der Waals surface area contributed by atoms with E-state index in [0.717, 1.165) is 6.07 Å². The molecule has 0 radical (unpaired) electrons. The Hall–Kier alpha value is -2.07. The predicted molar refractivity (Wildman–Crippen MR) is 75.1 cm³/mol. The van der Waals surface area contributed by atoms with Crippen LogP contribution >= 0.6 is 11.6 Å². The van der Waals surface area contributed by atoms with E-state index in [0.29, 0.717) is 24.2 Å². The second-order valence-corrected chi connectivity index (χ2v) is 4.41. The van der Waals surface area contributed by atoms with E-state index in [2.05, 4.69) is 0 Å². The minimum Gasteiger partial charge on any atom is -0.505 e. The standard InChI is InChI=1S/C15H12ClFO3/c1-2-20-12-6-4-3-5-10(12)13-9(8-18)7-11(19)15(17)14(13)16/h3-8,19H,2H2,1H3. The number of ether oxygens (including phenoxy) is 1. The van der Waals surface area contributed by atoms with Gasteiger partial charge in [0.1, 0.15) is 5.75 Å². The van der Waals surface area contributed by atoms with Crippen molar-refractivity contribution in [1.29, 1.82) is 0 Å². The van der Waals surface area contributed by atoms with Gasteiger partial charge in [-0.3, -0.25) is 4.79 Å². The quantitative estimate of drug-likeness (QED) is 0.865. The number of aldehydes is 1. The SMILES string of the molecule is CCOc1ccccc1-c1c(C=O)cc(O)c(F)c1Cl. The normalized spacial score (nSPS) is 10.3. The lowest BCUT2D eigenvalue weighted by Gasteiger charge is -2.14. The third-order valence-corrected chi connectivity index (χ3v) is 3.16. The summed E-state index contributed by atoms with van der Waals surface area (Å²) in [5, 5.41) is 9.10. The lowest BCUT2D eigenvalue weighted by molar-refractivity contribution is 0.112. The first kappa shape index (κ1) is 14.3. The van der Waals surface area contributed by atoms with Crippen molar-refractivity contribution >= 4 is 17.9 Å². The zero-order valence-electron chi connectivity index (χ0n) is 10.7. The fourth-order valence-electron chi connectivity index (χ4n) is 1.95. The van der Waals surface area contributed by atoms with E-state index < -0.39 is 11.6 Å². The molecule has 0 spiro atoms. The van der Waals surface area contributed by atoms with Crippen molar-refractivity contribution in [2.75, 3.05) is 6.61 Å². The Morgan fingerprint density at radius 1 is 1.40 bits per heavy atom. The van der Waals surface area contributed by atoms with Crippen molar-refractivity contribution in [3.63, 3.8) is 0 Å². The number of hydrogen-bond donors (Lipinski definition) is 1. The smallest absolute Gasteiger partial charge is 0.184 e. The van der Waals surface area contributed by atoms with Crippen LogP contribution in [0.25, 0.3) is 11.1 Å². The number of aromatic hydroxyl groups is 1. The zero-order chi connectivity index (χ0) is 14.7. The summed E-state index contributed by atoms with van der Waals surface area (Å²) in [5.41, 5.74) is 0.808. The molecule has 0 aliphatic carbocycles. The fourth-order valence-corrected chi connectivity index (χ4v) is 2.26. The lowest BCUT2D eigenvalue weighted by Crippen LogP contribution is -1.98. The average molecular weight is 295 g/mol. The third kappa shape index (κ3) is 2.47. The monoisotopic (exact) mass is 294 g/mol. The molecule has 5 heteroatoms. The van der Waals surface area contributed by atoms with E-state index in [1.54, 1.807) is 24.3 Å². The summed E-state index contributed by atoms with van der Waals surface area (Å²) in [5.74, 6) is -1.13. The Labute approximate surface area is 120 Å². The summed E-state index contributed by atoms with van der Waals surface area (Å²) >= 11 is 5.94. The first-order chi connectivity index (χ1) is 9.60. The highest BCUT2D eigenvalue weighted by Crippen LogP contribution is 2.40. The molecule has 2 aromatic rings. The zero-order valence-corrected chi connectivity index (χ0v) is 11.4. The summed E-state index contributed by atoms with van der Waals surface area (Å²) in [6.07, 6.45) is 0.517. The summed E-state index contributed by atoms with van der Waals surface area (Å²) < 4.78 is 19.2. The molecule has 2 rings (SSSR count). The number of carbonyl (C=O) groups is 1. The van der Waals surface area contributed by atoms with Crippen molar-refractivity contribution in [3.05, 3.63) is 46.7 Å². The molecular formula is C15H12ClFO3. The Bertz CT molecular complexity index is 656. The van der Waals surface area contributed by atoms with Crippen LogP contribution in [0.5, 0.6) is 11.5 Å². The van der Waals surface area contributed by atoms with Gasteiger partial charge in [0.25, 0.3) is 0 Å². The summed E-state index contributed by atoms with van der Waals surface area (Å²) in [6.45, 7) is 2.24. The van der Waals surface area contributed by atoms with Crippen molar-refractivity contribution in [2.24, 2.45) is 0 Å². The van der Waals surface area contributed by atoms with Crippen LogP contribution in [0.15, 0.2) is 30.3 Å². The first-order valence-corrected chi connectivity index (χ1v) is 6.36. The van der Waals surface area contributed by atoms with Gasteiger partial charge in [-0.1, -0.05) is 29.8 Å². The number of hydrogen-bond acceptors (Lipinski definition) is 3. The van der Waals surface area contributed by atoms with Crippen LogP contribution in [0.4, 0.5) is 4.39 Å². The number of carbonyl (C=O) groups excluding carboxylic acids is 1. The molecular weight excluding hydrogens is 283 g/mol. The number of halogens is 2. The molecule has 0 bridgehead atoms. The molecule has 2 aromatic carbocycles. The van der Waals surface area contributed by atoms with Crippen molar-refractivity contribution in [2.45, 2.75) is 6.92 Å². The van der Waals surface area contributed by atoms with Crippen molar-refractivity contribution < 1.29 is 19.0 Å². The second kappa shape index (κ2) is 5.92. The van der Waals surface area contributed by atoms with Gasteiger partial charge in [0.2, 0.25) is 0 Å². The van der Waals surface area contributed by atoms with E-state index in [4.69, 9.17) is 16.3 Å². The maximum Gasteiger partial charge on any atom is 0.184 e. The molecule has 0 amide bonds. The van der Waals surface area contributed by atoms with E-state index in [1.807, 2.05) is 6.92 Å². The summed E-state index contributed by atoms with van der Waals surface area (Å²) in [4.78, 5) is 11.2. The van der Waals surface area contributed by atoms with Crippen LogP contribution in [-0.4, -0.2) is 18.0 Å². The van der Waals surface area contributed by atoms with Crippen LogP contribution in [-0.2, 0) is 0 Å². The summed E-state index contributed by atoms with van der Waals surface area (Å²) in [6, 6.07) is 7.92. The van der Waals surface area contributed by atoms with Crippen molar-refractivity contribution in [1.82, 2.24) is 0 Å². The molecule has 0 aromatic heterocycles. The van der Waals surface area contributed by atoms with E-state index in [9.17, 15) is 14.3 Å². The van der Waals surface area contributed by atoms with Crippen LogP contribution < -0.4 is 4.74 Å². The van der Waals surface area contributed by atoms with E-state index >= 15 is 0 Å². The van der Waals surface area contributed by atoms with Gasteiger partial charge in [-0.2, -0.15) is 0 Å². The molecule has 104 valence electrons. The molecule has 0 aliphatic heterocycles. The summed E-state index contributed by atoms with van der Waals surface area (Å²) in [7, 11) is 0. The molecule has 0 fully saturated rings. The van der Waals surface area contributed by atoms with Gasteiger partial charge in [-0.25, -0.2) is 4.39 Å². The van der Waals surface area contributed by atoms with Crippen molar-refractivity contribution in [3.8, 4) is 22.6 Å². The van der Waals surface area contributed by atoms with Crippen LogP contribution in [0.1, 0.15) is 17.3 Å². The highest BCUT2D eigenvalue weighted by molar-refractivity contribution is 6.34. The van der Waals surface area contributed by atoms with Crippen LogP contribution in [0, 0.1) is 5.82 Å². The molecule has 20 heavy (non-hydrogen) atoms. The highest BCUT2D eigenvalue weighted by Gasteiger charge is 2.20. The van der Waals surface area contributed by atoms with Gasteiger partial charge < -0.3 is 9.84 Å². The molecule has 0 aliphatic rings. The maximum absolute atomic E-state index is 13.8. The maximum atomic E-state index is 13.8. The Morgan fingerprint density at radius 3 is 2.75 bits per heavy atom. The minimum atomic E-state index is -0.960. The molecule has 0 atom stereocenters. The van der Waals surface area contributed by atoms with Gasteiger partial charge in [-0.05, 0) is 19.1 Å². The average Bonchev–Trinajstić information content (AvgIpc) is 2.46. The third-order valence-electron chi connectivity index (χ3n) is 2.80. The van der Waals surface area contributed by atoms with Crippen LogP contribution in [0.2, 0.25) is 5.02 Å². The fraction of sp³-hybridized carbons (Fsp3) is 0.133. The first-order valence-electron chi connectivity index (χ1n) is 5.98. The number of benzene rings is 2. The number of rotatable bonds is 4. The molecule has 3 nitrogen and oxygen atoms in total. The van der Waals surface area contributed by atoms with Crippen LogP contribution in [0.3, 0.4) is 0 Å². The molecule has 0 heterocycles. The Morgan fingerprint density at radius 2 is 2.10 bits per heavy atom. The Balaban J connectivity index is 2.75. The van der Waals surface area contributed by atoms with E-state index in [-0.39, 0.29) is 16.1 Å². The minimum absolute atomic E-state index is 0.0982. The molecule has 0 saturated heterocycles. The predicted octanol–water partition coefficient (Wildman–Crippen LogP) is 4.06. The Kier molecular flexibility index (Phi) is 4.25. The molecule has 1 N–H and O–H groups in total.